The fourth-order valence-corrected chi connectivity index (χ4v) is 2.31. The molecule has 0 fully saturated rings. The van der Waals surface area contributed by atoms with Crippen molar-refractivity contribution in [1.29, 1.82) is 0 Å². The molecule has 2 rings (SSSR count). The van der Waals surface area contributed by atoms with Crippen LogP contribution in [0.1, 0.15) is 0 Å². The molecule has 2 aromatic rings. The third-order valence-corrected chi connectivity index (χ3v) is 3.76. The van der Waals surface area contributed by atoms with E-state index in [1.165, 1.54) is 18.2 Å². The summed E-state index contributed by atoms with van der Waals surface area (Å²) in [6, 6.07) is 11.0. The van der Waals surface area contributed by atoms with Crippen LogP contribution in [0.15, 0.2) is 47.4 Å². The van der Waals surface area contributed by atoms with Crippen molar-refractivity contribution in [2.75, 3.05) is 12.0 Å². The molecule has 0 aliphatic rings. The minimum absolute atomic E-state index is 0.117. The van der Waals surface area contributed by atoms with Crippen molar-refractivity contribution in [2.24, 2.45) is 0 Å². The first-order chi connectivity index (χ1) is 8.38. The quantitative estimate of drug-likeness (QED) is 0.642. The van der Waals surface area contributed by atoms with Gasteiger partial charge in [0.05, 0.1) is 4.90 Å². The van der Waals surface area contributed by atoms with E-state index >= 15 is 0 Å². The molecular weight excluding hydrogens is 250 g/mol. The predicted octanol–water partition coefficient (Wildman–Crippen LogP) is 2.04. The topological polar surface area (TPSA) is 80.4 Å². The van der Waals surface area contributed by atoms with Crippen LogP contribution in [-0.4, -0.2) is 19.8 Å². The van der Waals surface area contributed by atoms with Gasteiger partial charge in [-0.1, -0.05) is 12.1 Å². The third kappa shape index (κ3) is 2.46. The zero-order valence-corrected chi connectivity index (χ0v) is 10.6. The molecule has 0 aliphatic heterocycles. The Morgan fingerprint density at radius 2 is 1.67 bits per heavy atom. The van der Waals surface area contributed by atoms with E-state index in [4.69, 9.17) is 5.73 Å². The van der Waals surface area contributed by atoms with Gasteiger partial charge in [0.15, 0.2) is 9.84 Å². The lowest BCUT2D eigenvalue weighted by Gasteiger charge is -2.07. The Morgan fingerprint density at radius 3 is 2.22 bits per heavy atom. The Morgan fingerprint density at radius 1 is 1.06 bits per heavy atom. The van der Waals surface area contributed by atoms with Crippen molar-refractivity contribution in [1.82, 2.24) is 0 Å². The van der Waals surface area contributed by atoms with Crippen LogP contribution in [0.4, 0.5) is 5.69 Å². The number of anilines is 1. The van der Waals surface area contributed by atoms with E-state index in [0.29, 0.717) is 11.3 Å². The maximum absolute atomic E-state index is 11.3. The van der Waals surface area contributed by atoms with Crippen LogP contribution in [0.5, 0.6) is 5.75 Å². The first kappa shape index (κ1) is 12.4. The van der Waals surface area contributed by atoms with E-state index in [0.717, 1.165) is 11.8 Å². The molecule has 3 N–H and O–H groups in total. The second-order valence-corrected chi connectivity index (χ2v) is 6.08. The maximum atomic E-state index is 11.3. The summed E-state index contributed by atoms with van der Waals surface area (Å²) in [5.74, 6) is 0.117. The SMILES string of the molecule is CS(=O)(=O)c1ccc(-c2cc(O)ccc2N)cc1. The summed E-state index contributed by atoms with van der Waals surface area (Å²) < 4.78 is 22.7. The summed E-state index contributed by atoms with van der Waals surface area (Å²) in [4.78, 5) is 0.255. The van der Waals surface area contributed by atoms with Gasteiger partial charge in [0, 0.05) is 17.5 Å². The van der Waals surface area contributed by atoms with Gasteiger partial charge in [0.1, 0.15) is 5.75 Å². The van der Waals surface area contributed by atoms with Crippen LogP contribution in [0, 0.1) is 0 Å². The Balaban J connectivity index is 2.50. The smallest absolute Gasteiger partial charge is 0.175 e. The van der Waals surface area contributed by atoms with Gasteiger partial charge in [0.25, 0.3) is 0 Å². The van der Waals surface area contributed by atoms with Gasteiger partial charge in [-0.2, -0.15) is 0 Å². The number of rotatable bonds is 2. The summed E-state index contributed by atoms with van der Waals surface area (Å²) in [6.07, 6.45) is 1.16. The molecular formula is C13H13NO3S. The lowest BCUT2D eigenvalue weighted by Crippen LogP contribution is -1.96. The van der Waals surface area contributed by atoms with Crippen LogP contribution in [-0.2, 0) is 9.84 Å². The normalized spacial score (nSPS) is 11.4. The summed E-state index contributed by atoms with van der Waals surface area (Å²) in [7, 11) is -3.20. The van der Waals surface area contributed by atoms with Crippen molar-refractivity contribution in [3.05, 3.63) is 42.5 Å². The van der Waals surface area contributed by atoms with Gasteiger partial charge in [-0.15, -0.1) is 0 Å². The summed E-state index contributed by atoms with van der Waals surface area (Å²) >= 11 is 0. The molecule has 0 bridgehead atoms. The van der Waals surface area contributed by atoms with Gasteiger partial charge in [-0.05, 0) is 35.9 Å². The molecule has 0 aromatic heterocycles. The highest BCUT2D eigenvalue weighted by Gasteiger charge is 2.08. The lowest BCUT2D eigenvalue weighted by atomic mass is 10.0. The Bertz CT molecular complexity index is 676. The standard InChI is InChI=1S/C13H13NO3S/c1-18(16,17)11-5-2-9(3-6-11)12-8-10(15)4-7-13(12)14/h2-8,15H,14H2,1H3. The fourth-order valence-electron chi connectivity index (χ4n) is 1.68. The number of phenolic OH excluding ortho intramolecular Hbond substituents is 1. The van der Waals surface area contributed by atoms with Crippen molar-refractivity contribution < 1.29 is 13.5 Å². The number of nitrogen functional groups attached to an aromatic ring is 1. The number of phenols is 1. The number of benzene rings is 2. The van der Waals surface area contributed by atoms with Gasteiger partial charge in [0.2, 0.25) is 0 Å². The van der Waals surface area contributed by atoms with E-state index in [1.807, 2.05) is 0 Å². The highest BCUT2D eigenvalue weighted by atomic mass is 32.2. The van der Waals surface area contributed by atoms with Gasteiger partial charge < -0.3 is 10.8 Å². The van der Waals surface area contributed by atoms with Crippen LogP contribution < -0.4 is 5.73 Å². The van der Waals surface area contributed by atoms with Crippen molar-refractivity contribution >= 4 is 15.5 Å². The minimum Gasteiger partial charge on any atom is -0.508 e. The Hall–Kier alpha value is -2.01. The molecule has 0 aliphatic carbocycles. The van der Waals surface area contributed by atoms with E-state index in [-0.39, 0.29) is 10.6 Å². The van der Waals surface area contributed by atoms with Crippen LogP contribution in [0.25, 0.3) is 11.1 Å². The molecule has 4 nitrogen and oxygen atoms in total. The molecule has 0 heterocycles. The van der Waals surface area contributed by atoms with Crippen molar-refractivity contribution in [3.8, 4) is 16.9 Å². The fraction of sp³-hybridized carbons (Fsp3) is 0.0769. The molecule has 18 heavy (non-hydrogen) atoms. The number of nitrogens with two attached hydrogens (primary N) is 1. The highest BCUT2D eigenvalue weighted by molar-refractivity contribution is 7.90. The molecule has 2 aromatic carbocycles. The highest BCUT2D eigenvalue weighted by Crippen LogP contribution is 2.29. The second kappa shape index (κ2) is 4.34. The van der Waals surface area contributed by atoms with Crippen molar-refractivity contribution in [3.63, 3.8) is 0 Å². The Labute approximate surface area is 106 Å². The molecule has 94 valence electrons. The van der Waals surface area contributed by atoms with Crippen LogP contribution >= 0.6 is 0 Å². The van der Waals surface area contributed by atoms with Crippen LogP contribution in [0.3, 0.4) is 0 Å². The maximum Gasteiger partial charge on any atom is 0.175 e. The average Bonchev–Trinajstić information content (AvgIpc) is 2.31. The molecule has 5 heteroatoms. The molecule has 0 unspecified atom stereocenters. The monoisotopic (exact) mass is 263 g/mol. The zero-order chi connectivity index (χ0) is 13.3. The second-order valence-electron chi connectivity index (χ2n) is 4.07. The Kier molecular flexibility index (Phi) is 3.00. The number of hydrogen-bond donors (Lipinski definition) is 2. The van der Waals surface area contributed by atoms with Gasteiger partial charge >= 0.3 is 0 Å². The molecule has 0 radical (unpaired) electrons. The predicted molar refractivity (Wildman–Crippen MR) is 71.1 cm³/mol. The molecule has 0 spiro atoms. The van der Waals surface area contributed by atoms with E-state index in [2.05, 4.69) is 0 Å². The minimum atomic E-state index is -3.20. The average molecular weight is 263 g/mol. The number of hydrogen-bond acceptors (Lipinski definition) is 4. The third-order valence-electron chi connectivity index (χ3n) is 2.63. The largest absolute Gasteiger partial charge is 0.508 e. The van der Waals surface area contributed by atoms with E-state index < -0.39 is 9.84 Å². The van der Waals surface area contributed by atoms with E-state index in [1.54, 1.807) is 24.3 Å². The van der Waals surface area contributed by atoms with Crippen molar-refractivity contribution in [2.45, 2.75) is 4.90 Å². The van der Waals surface area contributed by atoms with Gasteiger partial charge in [-0.25, -0.2) is 8.42 Å². The molecule has 0 saturated heterocycles. The first-order valence-corrected chi connectivity index (χ1v) is 7.16. The summed E-state index contributed by atoms with van der Waals surface area (Å²) in [5.41, 5.74) is 7.78. The summed E-state index contributed by atoms with van der Waals surface area (Å²) in [5, 5.41) is 9.43. The molecule has 0 atom stereocenters. The van der Waals surface area contributed by atoms with Crippen LogP contribution in [0.2, 0.25) is 0 Å². The molecule has 0 amide bonds. The first-order valence-electron chi connectivity index (χ1n) is 5.27. The lowest BCUT2D eigenvalue weighted by molar-refractivity contribution is 0.475. The summed E-state index contributed by atoms with van der Waals surface area (Å²) in [6.45, 7) is 0. The molecule has 0 saturated carbocycles. The number of aromatic hydroxyl groups is 1. The van der Waals surface area contributed by atoms with E-state index in [9.17, 15) is 13.5 Å². The number of sulfone groups is 1. The zero-order valence-electron chi connectivity index (χ0n) is 9.79. The van der Waals surface area contributed by atoms with Gasteiger partial charge in [-0.3, -0.25) is 0 Å².